The molecule has 2 aliphatic rings. The largest absolute Gasteiger partial charge is 0.485 e. The van der Waals surface area contributed by atoms with Crippen LogP contribution in [0.1, 0.15) is 54.2 Å². The molecule has 0 aromatic heterocycles. The van der Waals surface area contributed by atoms with Crippen LogP contribution in [-0.2, 0) is 4.79 Å². The van der Waals surface area contributed by atoms with E-state index in [4.69, 9.17) is 16.3 Å². The molecule has 0 unspecified atom stereocenters. The maximum atomic E-state index is 13.0. The number of hydrogen-bond acceptors (Lipinski definition) is 4. The number of likely N-dealkylation sites (tertiary alicyclic amines) is 1. The van der Waals surface area contributed by atoms with Crippen LogP contribution in [0.25, 0.3) is 0 Å². The number of aliphatic hydroxyl groups is 1. The van der Waals surface area contributed by atoms with Crippen molar-refractivity contribution >= 4 is 23.3 Å². The van der Waals surface area contributed by atoms with Crippen molar-refractivity contribution < 1.29 is 19.4 Å². The van der Waals surface area contributed by atoms with E-state index in [0.717, 1.165) is 6.42 Å². The molecule has 4 rings (SSSR count). The van der Waals surface area contributed by atoms with Gasteiger partial charge in [-0.15, -0.1) is 0 Å². The lowest BCUT2D eigenvalue weighted by Crippen LogP contribution is -2.53. The van der Waals surface area contributed by atoms with E-state index < -0.39 is 17.7 Å². The molecule has 1 amide bonds. The van der Waals surface area contributed by atoms with E-state index in [1.165, 1.54) is 0 Å². The fourth-order valence-electron chi connectivity index (χ4n) is 4.01. The summed E-state index contributed by atoms with van der Waals surface area (Å²) in [6.45, 7) is 4.19. The maximum absolute atomic E-state index is 13.0. The number of fused-ring (bicyclic) bond motifs is 1. The zero-order valence-corrected chi connectivity index (χ0v) is 16.6. The van der Waals surface area contributed by atoms with Gasteiger partial charge < -0.3 is 14.7 Å². The highest BCUT2D eigenvalue weighted by Gasteiger charge is 2.47. The van der Waals surface area contributed by atoms with Crippen LogP contribution in [0.15, 0.2) is 42.5 Å². The molecule has 5 nitrogen and oxygen atoms in total. The van der Waals surface area contributed by atoms with Crippen molar-refractivity contribution in [1.82, 2.24) is 4.90 Å². The molecule has 0 aliphatic carbocycles. The lowest BCUT2D eigenvalue weighted by molar-refractivity contribution is -0.139. The number of hydrogen-bond donors (Lipinski definition) is 1. The highest BCUT2D eigenvalue weighted by Crippen LogP contribution is 2.44. The highest BCUT2D eigenvalue weighted by molar-refractivity contribution is 6.35. The molecule has 2 atom stereocenters. The first-order valence-electron chi connectivity index (χ1n) is 9.39. The predicted octanol–water partition coefficient (Wildman–Crippen LogP) is 3.77. The Labute approximate surface area is 168 Å². The minimum absolute atomic E-state index is 0.00975. The lowest BCUT2D eigenvalue weighted by Gasteiger charge is -2.45. The number of rotatable bonds is 3. The van der Waals surface area contributed by atoms with Crippen LogP contribution in [0, 0.1) is 0 Å². The Morgan fingerprint density at radius 3 is 2.68 bits per heavy atom. The third kappa shape index (κ3) is 3.09. The van der Waals surface area contributed by atoms with Gasteiger partial charge in [-0.1, -0.05) is 23.7 Å². The van der Waals surface area contributed by atoms with Crippen LogP contribution in [0.2, 0.25) is 5.02 Å². The fraction of sp³-hybridized carbons (Fsp3) is 0.364. The van der Waals surface area contributed by atoms with Crippen LogP contribution in [0.5, 0.6) is 5.75 Å². The van der Waals surface area contributed by atoms with Gasteiger partial charge in [-0.25, -0.2) is 0 Å². The third-order valence-electron chi connectivity index (χ3n) is 5.54. The van der Waals surface area contributed by atoms with Crippen molar-refractivity contribution in [2.75, 3.05) is 6.54 Å². The first kappa shape index (κ1) is 19.0. The van der Waals surface area contributed by atoms with Gasteiger partial charge in [0.05, 0.1) is 11.1 Å². The van der Waals surface area contributed by atoms with Gasteiger partial charge in [-0.05, 0) is 50.6 Å². The molecule has 2 aromatic rings. The van der Waals surface area contributed by atoms with Crippen LogP contribution in [0.3, 0.4) is 0 Å². The van der Waals surface area contributed by atoms with Crippen molar-refractivity contribution in [3.8, 4) is 5.75 Å². The van der Waals surface area contributed by atoms with Gasteiger partial charge in [-0.3, -0.25) is 9.59 Å². The summed E-state index contributed by atoms with van der Waals surface area (Å²) in [6.07, 6.45) is 0.322. The number of carbonyl (C=O) groups is 2. The summed E-state index contributed by atoms with van der Waals surface area (Å²) in [5, 5.41) is 11.4. The van der Waals surface area contributed by atoms with Gasteiger partial charge >= 0.3 is 0 Å². The van der Waals surface area contributed by atoms with E-state index >= 15 is 0 Å². The summed E-state index contributed by atoms with van der Waals surface area (Å²) in [4.78, 5) is 27.1. The molecule has 1 fully saturated rings. The molecule has 2 aromatic carbocycles. The summed E-state index contributed by atoms with van der Waals surface area (Å²) in [7, 11) is 0. The van der Waals surface area contributed by atoms with Gasteiger partial charge in [0.2, 0.25) is 5.91 Å². The number of ketones is 1. The molecular weight excluding hydrogens is 378 g/mol. The number of aliphatic hydroxyl groups excluding tert-OH is 1. The normalized spacial score (nSPS) is 23.3. The van der Waals surface area contributed by atoms with E-state index in [1.807, 2.05) is 0 Å². The van der Waals surface area contributed by atoms with Crippen LogP contribution in [0.4, 0.5) is 0 Å². The SMILES string of the molecule is CC1(C)Oc2ccc(C(=O)c3ccccc3Cl)cc2[C@@H](N2CCCC2=O)[C@@H]1O. The molecule has 2 heterocycles. The molecule has 1 N–H and O–H groups in total. The Kier molecular flexibility index (Phi) is 4.68. The van der Waals surface area contributed by atoms with Gasteiger partial charge in [0.1, 0.15) is 17.5 Å². The van der Waals surface area contributed by atoms with Crippen molar-refractivity contribution in [3.63, 3.8) is 0 Å². The summed E-state index contributed by atoms with van der Waals surface area (Å²) >= 11 is 6.19. The summed E-state index contributed by atoms with van der Waals surface area (Å²) in [6, 6.07) is 11.5. The molecule has 0 bridgehead atoms. The van der Waals surface area contributed by atoms with Crippen molar-refractivity contribution in [2.24, 2.45) is 0 Å². The molecule has 0 radical (unpaired) electrons. The van der Waals surface area contributed by atoms with Crippen molar-refractivity contribution in [3.05, 3.63) is 64.2 Å². The average Bonchev–Trinajstić information content (AvgIpc) is 3.08. The van der Waals surface area contributed by atoms with Crippen molar-refractivity contribution in [1.29, 1.82) is 0 Å². The van der Waals surface area contributed by atoms with E-state index in [2.05, 4.69) is 0 Å². The van der Waals surface area contributed by atoms with Gasteiger partial charge in [0.25, 0.3) is 0 Å². The molecule has 28 heavy (non-hydrogen) atoms. The van der Waals surface area contributed by atoms with E-state index in [1.54, 1.807) is 61.2 Å². The van der Waals surface area contributed by atoms with E-state index in [-0.39, 0.29) is 11.7 Å². The van der Waals surface area contributed by atoms with Gasteiger partial charge in [0.15, 0.2) is 5.78 Å². The number of amides is 1. The summed E-state index contributed by atoms with van der Waals surface area (Å²) in [5.74, 6) is 0.380. The van der Waals surface area contributed by atoms with E-state index in [9.17, 15) is 14.7 Å². The molecular formula is C22H22ClNO4. The number of ether oxygens (including phenoxy) is 1. The van der Waals surface area contributed by atoms with E-state index in [0.29, 0.717) is 40.4 Å². The second-order valence-corrected chi connectivity index (χ2v) is 8.25. The zero-order chi connectivity index (χ0) is 20.1. The maximum Gasteiger partial charge on any atom is 0.223 e. The van der Waals surface area contributed by atoms with Crippen LogP contribution < -0.4 is 4.74 Å². The second-order valence-electron chi connectivity index (χ2n) is 7.85. The minimum atomic E-state index is -0.910. The first-order valence-corrected chi connectivity index (χ1v) is 9.77. The number of benzene rings is 2. The molecule has 1 saturated heterocycles. The first-order chi connectivity index (χ1) is 13.3. The Hall–Kier alpha value is -2.37. The Balaban J connectivity index is 1.80. The summed E-state index contributed by atoms with van der Waals surface area (Å²) < 4.78 is 6.00. The van der Waals surface area contributed by atoms with Crippen molar-refractivity contribution in [2.45, 2.75) is 44.4 Å². The predicted molar refractivity (Wildman–Crippen MR) is 106 cm³/mol. The van der Waals surface area contributed by atoms with Crippen LogP contribution in [-0.4, -0.2) is 39.9 Å². The third-order valence-corrected chi connectivity index (χ3v) is 5.87. The lowest BCUT2D eigenvalue weighted by atomic mass is 9.84. The molecule has 146 valence electrons. The minimum Gasteiger partial charge on any atom is -0.485 e. The molecule has 6 heteroatoms. The van der Waals surface area contributed by atoms with Gasteiger partial charge in [0, 0.05) is 29.7 Å². The monoisotopic (exact) mass is 399 g/mol. The molecule has 0 saturated carbocycles. The number of carbonyl (C=O) groups excluding carboxylic acids is 2. The Bertz CT molecular complexity index is 955. The zero-order valence-electron chi connectivity index (χ0n) is 15.8. The molecule has 2 aliphatic heterocycles. The fourth-order valence-corrected chi connectivity index (χ4v) is 4.23. The smallest absolute Gasteiger partial charge is 0.223 e. The topological polar surface area (TPSA) is 66.8 Å². The summed E-state index contributed by atoms with van der Waals surface area (Å²) in [5.41, 5.74) is 0.656. The highest BCUT2D eigenvalue weighted by atomic mass is 35.5. The Morgan fingerprint density at radius 2 is 2.00 bits per heavy atom. The Morgan fingerprint density at radius 1 is 1.25 bits per heavy atom. The average molecular weight is 400 g/mol. The standard InChI is InChI=1S/C22H22ClNO4/c1-22(2)21(27)19(24-11-5-8-18(24)25)15-12-13(9-10-17(15)28-22)20(26)14-6-3-4-7-16(14)23/h3-4,6-7,9-10,12,19,21,27H,5,8,11H2,1-2H3/t19-,21+/m1/s1. The number of halogens is 1. The van der Waals surface area contributed by atoms with Gasteiger partial charge in [-0.2, -0.15) is 0 Å². The quantitative estimate of drug-likeness (QED) is 0.798. The number of nitrogens with zero attached hydrogens (tertiary/aromatic N) is 1. The van der Waals surface area contributed by atoms with Crippen LogP contribution >= 0.6 is 11.6 Å². The second kappa shape index (κ2) is 6.90. The molecule has 0 spiro atoms.